The van der Waals surface area contributed by atoms with E-state index in [-0.39, 0.29) is 45.9 Å². The molecule has 0 spiro atoms. The number of carbonyl (C=O) groups is 1. The summed E-state index contributed by atoms with van der Waals surface area (Å²) < 4.78 is 24.7. The molecule has 6 aromatic rings. The topological polar surface area (TPSA) is 191 Å². The number of ether oxygens (including phenoxy) is 4. The van der Waals surface area contributed by atoms with E-state index in [1.807, 2.05) is 53.4 Å². The second kappa shape index (κ2) is 20.4. The Kier molecular flexibility index (Phi) is 14.4. The number of hydrogen-bond donors (Lipinski definition) is 3. The number of aromatic nitrogens is 2. The van der Waals surface area contributed by atoms with Crippen LogP contribution in [0, 0.1) is 22.7 Å². The van der Waals surface area contributed by atoms with Gasteiger partial charge in [0.05, 0.1) is 27.8 Å². The van der Waals surface area contributed by atoms with Crippen molar-refractivity contribution in [2.75, 3.05) is 13.1 Å². The van der Waals surface area contributed by atoms with E-state index in [2.05, 4.69) is 22.1 Å². The summed E-state index contributed by atoms with van der Waals surface area (Å²) in [5.74, 6) is 0.441. The van der Waals surface area contributed by atoms with E-state index in [0.29, 0.717) is 80.5 Å². The molecule has 4 aromatic carbocycles. The molecule has 1 fully saturated rings. The Hall–Kier alpha value is -6.71. The van der Waals surface area contributed by atoms with Crippen molar-refractivity contribution in [2.45, 2.75) is 58.0 Å². The van der Waals surface area contributed by atoms with E-state index in [0.717, 1.165) is 27.8 Å². The first-order valence-electron chi connectivity index (χ1n) is 19.8. The number of rotatable bonds is 17. The van der Waals surface area contributed by atoms with Crippen LogP contribution in [-0.4, -0.2) is 54.8 Å². The van der Waals surface area contributed by atoms with Crippen LogP contribution in [0.4, 0.5) is 0 Å². The molecule has 2 aromatic heterocycles. The summed E-state index contributed by atoms with van der Waals surface area (Å²) in [6.45, 7) is 1.46. The number of nitrogens with zero attached hydrogens (tertiary/aromatic N) is 5. The van der Waals surface area contributed by atoms with E-state index in [1.54, 1.807) is 48.8 Å². The Morgan fingerprint density at radius 3 is 1.59 bits per heavy atom. The van der Waals surface area contributed by atoms with Gasteiger partial charge in [-0.15, -0.1) is 0 Å². The molecule has 1 aliphatic rings. The van der Waals surface area contributed by atoms with Crippen molar-refractivity contribution >= 4 is 29.2 Å². The lowest BCUT2D eigenvalue weighted by Gasteiger charge is -2.35. The van der Waals surface area contributed by atoms with Crippen molar-refractivity contribution in [3.8, 4) is 46.3 Å². The summed E-state index contributed by atoms with van der Waals surface area (Å²) in [6.07, 6.45) is 6.35. The predicted octanol–water partition coefficient (Wildman–Crippen LogP) is 8.41. The molecule has 1 saturated heterocycles. The lowest BCUT2D eigenvalue weighted by molar-refractivity contribution is -0.163. The van der Waals surface area contributed by atoms with Gasteiger partial charge in [0.2, 0.25) is 0 Å². The van der Waals surface area contributed by atoms with Crippen molar-refractivity contribution in [3.05, 3.63) is 164 Å². The van der Waals surface area contributed by atoms with Crippen molar-refractivity contribution in [3.63, 3.8) is 0 Å². The number of pyridine rings is 2. The van der Waals surface area contributed by atoms with Gasteiger partial charge in [-0.05, 0) is 71.5 Å². The first-order valence-corrected chi connectivity index (χ1v) is 20.6. The number of likely N-dealkylation sites (tertiary alicyclic amines) is 1. The van der Waals surface area contributed by atoms with Crippen LogP contribution in [0.25, 0.3) is 11.1 Å². The molecule has 13 nitrogen and oxygen atoms in total. The van der Waals surface area contributed by atoms with Gasteiger partial charge < -0.3 is 34.3 Å². The number of carboxylic acid groups (broad SMARTS) is 1. The van der Waals surface area contributed by atoms with Gasteiger partial charge in [-0.3, -0.25) is 14.9 Å². The zero-order chi connectivity index (χ0) is 44.3. The summed E-state index contributed by atoms with van der Waals surface area (Å²) in [5, 5.41) is 49.1. The first kappa shape index (κ1) is 44.3. The summed E-state index contributed by atoms with van der Waals surface area (Å²) in [5.41, 5.74) is 5.36. The van der Waals surface area contributed by atoms with Gasteiger partial charge in [0.15, 0.2) is 5.60 Å². The van der Waals surface area contributed by atoms with Gasteiger partial charge in [0.1, 0.15) is 61.6 Å². The summed E-state index contributed by atoms with van der Waals surface area (Å²) >= 11 is 13.4. The summed E-state index contributed by atoms with van der Waals surface area (Å²) in [4.78, 5) is 21.8. The Labute approximate surface area is 373 Å². The molecule has 0 amide bonds. The number of halogens is 2. The molecule has 0 atom stereocenters. The molecule has 1 aliphatic heterocycles. The molecule has 0 aliphatic carbocycles. The van der Waals surface area contributed by atoms with Gasteiger partial charge in [-0.25, -0.2) is 4.79 Å². The first-order chi connectivity index (χ1) is 30.5. The quantitative estimate of drug-likeness (QED) is 0.0792. The molecule has 3 heterocycles. The van der Waals surface area contributed by atoms with Gasteiger partial charge in [-0.2, -0.15) is 10.5 Å². The van der Waals surface area contributed by atoms with Crippen LogP contribution in [0.1, 0.15) is 57.3 Å². The van der Waals surface area contributed by atoms with Crippen LogP contribution < -0.4 is 18.9 Å². The summed E-state index contributed by atoms with van der Waals surface area (Å²) in [7, 11) is 0. The second-order valence-electron chi connectivity index (χ2n) is 15.0. The molecular weight excluding hydrogens is 845 g/mol. The maximum Gasteiger partial charge on any atom is 0.335 e. The number of aliphatic hydroxyl groups excluding tert-OH is 1. The molecule has 0 radical (unpaired) electrons. The van der Waals surface area contributed by atoms with Crippen molar-refractivity contribution in [1.29, 1.82) is 10.5 Å². The number of piperidine rings is 1. The SMILES string of the molecule is N#Cc1cncc(COc2cc(OCc3cccc(-c4cccc(COc5cc(OCc6cncc(C#N)c6)c(CN6CCC(O)(C(=O)O)CC6)cc5Cl)c4)c3)c(Cl)cc2CO)c1. The Morgan fingerprint density at radius 2 is 1.11 bits per heavy atom. The number of carboxylic acids is 1. The highest BCUT2D eigenvalue weighted by Gasteiger charge is 2.39. The lowest BCUT2D eigenvalue weighted by atomic mass is 9.91. The molecule has 63 heavy (non-hydrogen) atoms. The van der Waals surface area contributed by atoms with Crippen LogP contribution in [0.2, 0.25) is 10.0 Å². The second-order valence-corrected chi connectivity index (χ2v) is 15.8. The van der Waals surface area contributed by atoms with Gasteiger partial charge >= 0.3 is 5.97 Å². The maximum absolute atomic E-state index is 11.6. The molecule has 320 valence electrons. The monoisotopic (exact) mass is 885 g/mol. The van der Waals surface area contributed by atoms with Crippen molar-refractivity contribution < 1.29 is 39.1 Å². The number of nitriles is 2. The van der Waals surface area contributed by atoms with E-state index in [9.17, 15) is 30.6 Å². The van der Waals surface area contributed by atoms with Gasteiger partial charge in [0, 0.05) is 78.8 Å². The fraction of sp³-hybridized carbons (Fsp3) is 0.229. The number of hydrogen-bond acceptors (Lipinski definition) is 12. The Morgan fingerprint density at radius 1 is 0.651 bits per heavy atom. The molecular formula is C48H41Cl2N5O8. The molecule has 15 heteroatoms. The summed E-state index contributed by atoms with van der Waals surface area (Å²) in [6, 6.07) is 30.1. The third-order valence-corrected chi connectivity index (χ3v) is 11.1. The highest BCUT2D eigenvalue weighted by Crippen LogP contribution is 2.37. The highest BCUT2D eigenvalue weighted by atomic mass is 35.5. The zero-order valence-electron chi connectivity index (χ0n) is 33.8. The predicted molar refractivity (Wildman–Crippen MR) is 233 cm³/mol. The minimum absolute atomic E-state index is 0.0882. The Balaban J connectivity index is 1.03. The lowest BCUT2D eigenvalue weighted by Crippen LogP contribution is -2.49. The van der Waals surface area contributed by atoms with E-state index < -0.39 is 11.6 Å². The number of aliphatic hydroxyl groups is 2. The van der Waals surface area contributed by atoms with Crippen LogP contribution in [0.15, 0.2) is 110 Å². The Bertz CT molecular complexity index is 2690. The third kappa shape index (κ3) is 11.4. The average Bonchev–Trinajstić information content (AvgIpc) is 3.31. The molecule has 0 unspecified atom stereocenters. The van der Waals surface area contributed by atoms with E-state index in [4.69, 9.17) is 42.1 Å². The smallest absolute Gasteiger partial charge is 0.335 e. The third-order valence-electron chi connectivity index (χ3n) is 10.5. The van der Waals surface area contributed by atoms with Crippen LogP contribution in [0.3, 0.4) is 0 Å². The average molecular weight is 887 g/mol. The number of benzene rings is 4. The highest BCUT2D eigenvalue weighted by molar-refractivity contribution is 6.32. The van der Waals surface area contributed by atoms with E-state index in [1.165, 1.54) is 12.4 Å². The fourth-order valence-corrected chi connectivity index (χ4v) is 7.49. The molecule has 0 bridgehead atoms. The van der Waals surface area contributed by atoms with Crippen LogP contribution in [-0.2, 0) is 44.4 Å². The molecule has 7 rings (SSSR count). The van der Waals surface area contributed by atoms with Gasteiger partial charge in [-0.1, -0.05) is 59.6 Å². The van der Waals surface area contributed by atoms with Gasteiger partial charge in [0.25, 0.3) is 0 Å². The molecule has 3 N–H and O–H groups in total. The fourth-order valence-electron chi connectivity index (χ4n) is 7.01. The standard InChI is InChI=1S/C48H41Cl2N5O8/c49-41-15-39(25-55-9-7-48(59,8-10-55)47(57)58)43(60-29-35-11-33(19-51)21-53-23-35)17-45(41)62-27-31-3-1-5-37(13-31)38-6-2-4-32(14-38)28-63-46-18-44(40(26-56)16-42(46)50)61-30-36-12-34(20-52)22-54-24-36/h1-6,11-18,21-24,56,59H,7-10,25-30H2,(H,57,58). The normalized spacial score (nSPS) is 13.4. The maximum atomic E-state index is 11.6. The van der Waals surface area contributed by atoms with Crippen molar-refractivity contribution in [1.82, 2.24) is 14.9 Å². The van der Waals surface area contributed by atoms with Crippen molar-refractivity contribution in [2.24, 2.45) is 0 Å². The van der Waals surface area contributed by atoms with Crippen LogP contribution in [0.5, 0.6) is 23.0 Å². The molecule has 0 saturated carbocycles. The minimum Gasteiger partial charge on any atom is -0.488 e. The van der Waals surface area contributed by atoms with Crippen LogP contribution >= 0.6 is 23.2 Å². The minimum atomic E-state index is -1.75. The number of aliphatic carboxylic acids is 1. The zero-order valence-corrected chi connectivity index (χ0v) is 35.4. The van der Waals surface area contributed by atoms with E-state index >= 15 is 0 Å². The largest absolute Gasteiger partial charge is 0.488 e.